The third-order valence-corrected chi connectivity index (χ3v) is 5.60. The van der Waals surface area contributed by atoms with E-state index in [4.69, 9.17) is 10.3 Å². The standard InChI is InChI=1S/C25H40N4O2.ClH/c1-3-4-5-6-7-8-9-10-13-21-15-17-22(18-16-21)24-28-25(31-29-24)23(27-20(2)30)14-11-12-19-26;/h15-18,23H,3-14,19,26H2,1-2H3,(H,27,30);1H. The van der Waals surface area contributed by atoms with Crippen molar-refractivity contribution in [3.05, 3.63) is 35.7 Å². The number of carbonyl (C=O) groups is 1. The molecule has 32 heavy (non-hydrogen) atoms. The zero-order valence-electron chi connectivity index (χ0n) is 19.8. The molecule has 1 amide bonds. The maximum atomic E-state index is 11.5. The molecule has 1 aromatic carbocycles. The van der Waals surface area contributed by atoms with Crippen molar-refractivity contribution in [3.8, 4) is 11.4 Å². The average Bonchev–Trinajstić information content (AvgIpc) is 3.25. The van der Waals surface area contributed by atoms with Crippen LogP contribution in [-0.4, -0.2) is 22.6 Å². The van der Waals surface area contributed by atoms with Gasteiger partial charge in [0.15, 0.2) is 0 Å². The number of aromatic nitrogens is 2. The molecule has 1 aromatic heterocycles. The number of nitrogens with one attached hydrogen (secondary N) is 1. The highest BCUT2D eigenvalue weighted by molar-refractivity contribution is 5.85. The van der Waals surface area contributed by atoms with Gasteiger partial charge >= 0.3 is 0 Å². The molecular weight excluding hydrogens is 424 g/mol. The Kier molecular flexibility index (Phi) is 14.7. The summed E-state index contributed by atoms with van der Waals surface area (Å²) in [7, 11) is 0. The lowest BCUT2D eigenvalue weighted by Gasteiger charge is -2.13. The van der Waals surface area contributed by atoms with E-state index in [-0.39, 0.29) is 24.4 Å². The fraction of sp³-hybridized carbons (Fsp3) is 0.640. The Labute approximate surface area is 199 Å². The summed E-state index contributed by atoms with van der Waals surface area (Å²) in [4.78, 5) is 16.1. The second-order valence-corrected chi connectivity index (χ2v) is 8.42. The molecule has 0 spiro atoms. The first-order valence-electron chi connectivity index (χ1n) is 12.0. The molecule has 0 saturated heterocycles. The zero-order chi connectivity index (χ0) is 22.3. The van der Waals surface area contributed by atoms with Gasteiger partial charge in [-0.05, 0) is 44.2 Å². The number of rotatable bonds is 16. The van der Waals surface area contributed by atoms with Gasteiger partial charge in [0.1, 0.15) is 6.04 Å². The molecule has 0 fully saturated rings. The number of amides is 1. The molecule has 0 aliphatic heterocycles. The number of halogens is 1. The average molecular weight is 465 g/mol. The first kappa shape index (κ1) is 28.1. The molecule has 6 nitrogen and oxygen atoms in total. The molecule has 0 saturated carbocycles. The SMILES string of the molecule is CCCCCCCCCCc1ccc(-c2noc(C(CCCCN)NC(C)=O)n2)cc1.Cl. The Hall–Kier alpha value is -1.92. The summed E-state index contributed by atoms with van der Waals surface area (Å²) in [6.45, 7) is 4.39. The van der Waals surface area contributed by atoms with Crippen molar-refractivity contribution in [2.24, 2.45) is 5.73 Å². The minimum Gasteiger partial charge on any atom is -0.345 e. The zero-order valence-corrected chi connectivity index (χ0v) is 20.6. The van der Waals surface area contributed by atoms with Crippen LogP contribution in [0.2, 0.25) is 0 Å². The number of benzene rings is 1. The van der Waals surface area contributed by atoms with Gasteiger partial charge in [-0.25, -0.2) is 0 Å². The van der Waals surface area contributed by atoms with Crippen LogP contribution < -0.4 is 11.1 Å². The first-order valence-corrected chi connectivity index (χ1v) is 12.0. The van der Waals surface area contributed by atoms with Crippen LogP contribution in [0.25, 0.3) is 11.4 Å². The van der Waals surface area contributed by atoms with Crippen LogP contribution in [0.1, 0.15) is 102 Å². The van der Waals surface area contributed by atoms with Gasteiger partial charge < -0.3 is 15.6 Å². The summed E-state index contributed by atoms with van der Waals surface area (Å²) >= 11 is 0. The third kappa shape index (κ3) is 10.6. The van der Waals surface area contributed by atoms with Crippen molar-refractivity contribution in [2.45, 2.75) is 96.9 Å². The number of hydrogen-bond donors (Lipinski definition) is 2. The molecule has 2 aromatic rings. The quantitative estimate of drug-likeness (QED) is 0.290. The lowest BCUT2D eigenvalue weighted by molar-refractivity contribution is -0.119. The molecule has 3 N–H and O–H groups in total. The van der Waals surface area contributed by atoms with E-state index in [1.54, 1.807) is 0 Å². The van der Waals surface area contributed by atoms with E-state index in [9.17, 15) is 4.79 Å². The molecule has 0 radical (unpaired) electrons. The maximum absolute atomic E-state index is 11.5. The van der Waals surface area contributed by atoms with Crippen LogP contribution in [0.4, 0.5) is 0 Å². The molecule has 0 bridgehead atoms. The van der Waals surface area contributed by atoms with Crippen molar-refractivity contribution in [2.75, 3.05) is 6.54 Å². The second kappa shape index (κ2) is 16.7. The summed E-state index contributed by atoms with van der Waals surface area (Å²) in [6, 6.07) is 8.14. The Morgan fingerprint density at radius 2 is 1.66 bits per heavy atom. The Balaban J connectivity index is 0.00000512. The lowest BCUT2D eigenvalue weighted by Crippen LogP contribution is -2.26. The normalized spacial score (nSPS) is 11.7. The number of nitrogens with zero attached hydrogens (tertiary/aromatic N) is 2. The van der Waals surface area contributed by atoms with E-state index < -0.39 is 0 Å². The van der Waals surface area contributed by atoms with E-state index in [2.05, 4.69) is 46.6 Å². The maximum Gasteiger partial charge on any atom is 0.249 e. The third-order valence-electron chi connectivity index (χ3n) is 5.60. The van der Waals surface area contributed by atoms with E-state index in [1.165, 1.54) is 63.9 Å². The number of aryl methyl sites for hydroxylation is 1. The Bertz CT molecular complexity index is 749. The smallest absolute Gasteiger partial charge is 0.249 e. The first-order chi connectivity index (χ1) is 15.1. The van der Waals surface area contributed by atoms with E-state index in [1.807, 2.05) is 0 Å². The number of carbonyl (C=O) groups excluding carboxylic acids is 1. The van der Waals surface area contributed by atoms with Crippen molar-refractivity contribution in [1.82, 2.24) is 15.5 Å². The highest BCUT2D eigenvalue weighted by atomic mass is 35.5. The lowest BCUT2D eigenvalue weighted by atomic mass is 10.0. The molecule has 7 heteroatoms. The van der Waals surface area contributed by atoms with Gasteiger partial charge in [-0.15, -0.1) is 12.4 Å². The predicted octanol–water partition coefficient (Wildman–Crippen LogP) is 6.15. The Morgan fingerprint density at radius 3 is 2.28 bits per heavy atom. The van der Waals surface area contributed by atoms with Gasteiger partial charge in [-0.1, -0.05) is 81.3 Å². The summed E-state index contributed by atoms with van der Waals surface area (Å²) in [5.74, 6) is 0.899. The van der Waals surface area contributed by atoms with Crippen LogP contribution in [0.3, 0.4) is 0 Å². The molecule has 180 valence electrons. The minimum atomic E-state index is -0.272. The van der Waals surface area contributed by atoms with Crippen molar-refractivity contribution in [3.63, 3.8) is 0 Å². The number of unbranched alkanes of at least 4 members (excludes halogenated alkanes) is 8. The monoisotopic (exact) mass is 464 g/mol. The summed E-state index contributed by atoms with van der Waals surface area (Å²) in [5, 5.41) is 7.03. The number of nitrogens with two attached hydrogens (primary N) is 1. The van der Waals surface area contributed by atoms with Crippen LogP contribution in [-0.2, 0) is 11.2 Å². The fourth-order valence-electron chi connectivity index (χ4n) is 3.77. The highest BCUT2D eigenvalue weighted by Gasteiger charge is 2.20. The van der Waals surface area contributed by atoms with Gasteiger partial charge in [0.05, 0.1) is 0 Å². The molecular formula is C25H41ClN4O2. The van der Waals surface area contributed by atoms with Crippen molar-refractivity contribution in [1.29, 1.82) is 0 Å². The predicted molar refractivity (Wildman–Crippen MR) is 133 cm³/mol. The number of hydrogen-bond acceptors (Lipinski definition) is 5. The van der Waals surface area contributed by atoms with Crippen molar-refractivity contribution < 1.29 is 9.32 Å². The summed E-state index contributed by atoms with van der Waals surface area (Å²) in [6.07, 6.45) is 14.3. The van der Waals surface area contributed by atoms with Gasteiger partial charge in [-0.3, -0.25) is 4.79 Å². The molecule has 1 atom stereocenters. The summed E-state index contributed by atoms with van der Waals surface area (Å²) in [5.41, 5.74) is 7.85. The van der Waals surface area contributed by atoms with Crippen LogP contribution in [0.5, 0.6) is 0 Å². The van der Waals surface area contributed by atoms with Gasteiger partial charge in [-0.2, -0.15) is 4.98 Å². The molecule has 1 heterocycles. The van der Waals surface area contributed by atoms with Crippen molar-refractivity contribution >= 4 is 18.3 Å². The van der Waals surface area contributed by atoms with Gasteiger partial charge in [0, 0.05) is 12.5 Å². The largest absolute Gasteiger partial charge is 0.345 e. The summed E-state index contributed by atoms with van der Waals surface area (Å²) < 4.78 is 5.46. The molecule has 2 rings (SSSR count). The van der Waals surface area contributed by atoms with Gasteiger partial charge in [0.25, 0.3) is 0 Å². The van der Waals surface area contributed by atoms with E-state index in [0.717, 1.165) is 31.2 Å². The van der Waals surface area contributed by atoms with Crippen LogP contribution in [0.15, 0.2) is 28.8 Å². The minimum absolute atomic E-state index is 0. The van der Waals surface area contributed by atoms with Gasteiger partial charge in [0.2, 0.25) is 17.6 Å². The van der Waals surface area contributed by atoms with E-state index in [0.29, 0.717) is 18.3 Å². The molecule has 0 aliphatic carbocycles. The van der Waals surface area contributed by atoms with Crippen LogP contribution in [0, 0.1) is 0 Å². The molecule has 1 unspecified atom stereocenters. The second-order valence-electron chi connectivity index (χ2n) is 8.42. The Morgan fingerprint density at radius 1 is 1.00 bits per heavy atom. The topological polar surface area (TPSA) is 94.0 Å². The van der Waals surface area contributed by atoms with E-state index >= 15 is 0 Å². The highest BCUT2D eigenvalue weighted by Crippen LogP contribution is 2.23. The molecule has 0 aliphatic rings. The van der Waals surface area contributed by atoms with Crippen LogP contribution >= 0.6 is 12.4 Å². The fourth-order valence-corrected chi connectivity index (χ4v) is 3.77.